The van der Waals surface area contributed by atoms with Crippen LogP contribution in [0.4, 0.5) is 0 Å². The third-order valence-electron chi connectivity index (χ3n) is 5.33. The van der Waals surface area contributed by atoms with Gasteiger partial charge in [0.2, 0.25) is 15.9 Å². The second kappa shape index (κ2) is 8.57. The molecule has 160 valence electrons. The number of nitrogens with zero attached hydrogens (tertiary/aromatic N) is 3. The van der Waals surface area contributed by atoms with Crippen molar-refractivity contribution >= 4 is 27.0 Å². The molecule has 3 aromatic rings. The van der Waals surface area contributed by atoms with Crippen molar-refractivity contribution in [2.24, 2.45) is 7.05 Å². The van der Waals surface area contributed by atoms with E-state index in [1.165, 1.54) is 18.4 Å². The van der Waals surface area contributed by atoms with Crippen LogP contribution in [0, 0.1) is 6.92 Å². The molecule has 1 N–H and O–H groups in total. The van der Waals surface area contributed by atoms with Crippen molar-refractivity contribution in [1.29, 1.82) is 0 Å². The van der Waals surface area contributed by atoms with Gasteiger partial charge in [-0.15, -0.1) is 0 Å². The number of amides is 1. The quantitative estimate of drug-likeness (QED) is 0.627. The monoisotopic (exact) mass is 428 g/mol. The summed E-state index contributed by atoms with van der Waals surface area (Å²) in [5.74, 6) is 0.691. The molecule has 1 aromatic heterocycles. The minimum atomic E-state index is -3.52. The first-order valence-corrected chi connectivity index (χ1v) is 11.3. The Morgan fingerprint density at radius 1 is 1.20 bits per heavy atom. The standard InChI is InChI=1S/C22H28N4O3S/c1-15-8-6-7-9-18(15)16(2)23-22(27)13-12-21-24-19-14-17(30(28,29)25(3)4)10-11-20(19)26(21)5/h6-11,14,16H,12-13H2,1-5H3,(H,23,27)/t16-/m1/s1. The fourth-order valence-electron chi connectivity index (χ4n) is 3.51. The van der Waals surface area contributed by atoms with E-state index in [2.05, 4.69) is 10.3 Å². The fraction of sp³-hybridized carbons (Fsp3) is 0.364. The molecule has 2 aromatic carbocycles. The largest absolute Gasteiger partial charge is 0.350 e. The van der Waals surface area contributed by atoms with Crippen LogP contribution in [0.2, 0.25) is 0 Å². The molecule has 0 unspecified atom stereocenters. The van der Waals surface area contributed by atoms with E-state index in [4.69, 9.17) is 0 Å². The Morgan fingerprint density at radius 3 is 2.57 bits per heavy atom. The first kappa shape index (κ1) is 22.0. The van der Waals surface area contributed by atoms with Crippen LogP contribution in [0.25, 0.3) is 11.0 Å². The lowest BCUT2D eigenvalue weighted by Gasteiger charge is -2.16. The van der Waals surface area contributed by atoms with E-state index >= 15 is 0 Å². The van der Waals surface area contributed by atoms with Crippen LogP contribution in [0.1, 0.15) is 36.3 Å². The molecule has 0 bridgehead atoms. The van der Waals surface area contributed by atoms with Gasteiger partial charge >= 0.3 is 0 Å². The van der Waals surface area contributed by atoms with Gasteiger partial charge in [0, 0.05) is 34.0 Å². The van der Waals surface area contributed by atoms with Crippen LogP contribution in [-0.2, 0) is 28.3 Å². The number of aromatic nitrogens is 2. The number of imidazole rings is 1. The average molecular weight is 429 g/mol. The van der Waals surface area contributed by atoms with Gasteiger partial charge in [-0.1, -0.05) is 24.3 Å². The smallest absolute Gasteiger partial charge is 0.242 e. The molecule has 3 rings (SSSR count). The molecule has 1 atom stereocenters. The number of aryl methyl sites for hydroxylation is 3. The number of fused-ring (bicyclic) bond motifs is 1. The molecule has 0 spiro atoms. The predicted molar refractivity (Wildman–Crippen MR) is 118 cm³/mol. The topological polar surface area (TPSA) is 84.3 Å². The number of benzene rings is 2. The Labute approximate surface area is 177 Å². The van der Waals surface area contributed by atoms with Gasteiger partial charge in [-0.3, -0.25) is 4.79 Å². The van der Waals surface area contributed by atoms with Crippen LogP contribution < -0.4 is 5.32 Å². The highest BCUT2D eigenvalue weighted by Crippen LogP contribution is 2.22. The van der Waals surface area contributed by atoms with Crippen LogP contribution >= 0.6 is 0 Å². The lowest BCUT2D eigenvalue weighted by molar-refractivity contribution is -0.121. The van der Waals surface area contributed by atoms with Crippen LogP contribution in [-0.4, -0.2) is 42.3 Å². The number of carbonyl (C=O) groups is 1. The molecule has 1 heterocycles. The molecule has 30 heavy (non-hydrogen) atoms. The van der Waals surface area contributed by atoms with Crippen LogP contribution in [0.5, 0.6) is 0 Å². The van der Waals surface area contributed by atoms with Crippen molar-refractivity contribution in [1.82, 2.24) is 19.2 Å². The maximum Gasteiger partial charge on any atom is 0.242 e. The van der Waals surface area contributed by atoms with E-state index < -0.39 is 10.0 Å². The van der Waals surface area contributed by atoms with E-state index in [9.17, 15) is 13.2 Å². The molecule has 7 nitrogen and oxygen atoms in total. The Morgan fingerprint density at radius 2 is 1.90 bits per heavy atom. The van der Waals surface area contributed by atoms with Crippen LogP contribution in [0.15, 0.2) is 47.4 Å². The first-order valence-electron chi connectivity index (χ1n) is 9.84. The van der Waals surface area contributed by atoms with Gasteiger partial charge in [0.05, 0.1) is 22.0 Å². The van der Waals surface area contributed by atoms with Gasteiger partial charge in [-0.05, 0) is 43.2 Å². The summed E-state index contributed by atoms with van der Waals surface area (Å²) in [6.07, 6.45) is 0.767. The number of hydrogen-bond acceptors (Lipinski definition) is 4. The summed E-state index contributed by atoms with van der Waals surface area (Å²) in [5, 5.41) is 3.04. The Bertz CT molecular complexity index is 1180. The summed E-state index contributed by atoms with van der Waals surface area (Å²) < 4.78 is 27.8. The zero-order chi connectivity index (χ0) is 22.1. The zero-order valence-electron chi connectivity index (χ0n) is 18.0. The van der Waals surface area contributed by atoms with E-state index in [0.29, 0.717) is 18.4 Å². The molecule has 0 aliphatic heterocycles. The number of carbonyl (C=O) groups excluding carboxylic acids is 1. The number of sulfonamides is 1. The van der Waals surface area contributed by atoms with E-state index in [1.807, 2.05) is 49.7 Å². The highest BCUT2D eigenvalue weighted by molar-refractivity contribution is 7.89. The summed E-state index contributed by atoms with van der Waals surface area (Å²) in [4.78, 5) is 17.2. The molecule has 0 fully saturated rings. The minimum absolute atomic E-state index is 0.0475. The highest BCUT2D eigenvalue weighted by Gasteiger charge is 2.19. The molecule has 0 aliphatic carbocycles. The Hall–Kier alpha value is -2.71. The van der Waals surface area contributed by atoms with Crippen molar-refractivity contribution in [3.8, 4) is 0 Å². The zero-order valence-corrected chi connectivity index (χ0v) is 18.8. The average Bonchev–Trinajstić information content (AvgIpc) is 3.01. The minimum Gasteiger partial charge on any atom is -0.350 e. The van der Waals surface area contributed by atoms with Crippen molar-refractivity contribution in [3.05, 3.63) is 59.4 Å². The molecule has 0 saturated heterocycles. The Balaban J connectivity index is 1.72. The van der Waals surface area contributed by atoms with Gasteiger partial charge in [-0.2, -0.15) is 0 Å². The first-order chi connectivity index (χ1) is 14.1. The summed E-state index contributed by atoms with van der Waals surface area (Å²) in [6.45, 7) is 4.00. The number of nitrogens with one attached hydrogen (secondary N) is 1. The molecule has 1 amide bonds. The fourth-order valence-corrected chi connectivity index (χ4v) is 4.44. The third-order valence-corrected chi connectivity index (χ3v) is 7.14. The van der Waals surface area contributed by atoms with E-state index in [1.54, 1.807) is 18.2 Å². The van der Waals surface area contributed by atoms with Gasteiger partial charge in [0.25, 0.3) is 0 Å². The Kier molecular flexibility index (Phi) is 6.28. The SMILES string of the molecule is Cc1ccccc1[C@@H](C)NC(=O)CCc1nc2cc(S(=O)(=O)N(C)C)ccc2n1C. The van der Waals surface area contributed by atoms with Gasteiger partial charge in [0.1, 0.15) is 5.82 Å². The van der Waals surface area contributed by atoms with Crippen molar-refractivity contribution in [2.45, 2.75) is 37.6 Å². The molecule has 0 saturated carbocycles. The van der Waals surface area contributed by atoms with Gasteiger partial charge < -0.3 is 9.88 Å². The van der Waals surface area contributed by atoms with Crippen molar-refractivity contribution in [2.75, 3.05) is 14.1 Å². The van der Waals surface area contributed by atoms with E-state index in [-0.39, 0.29) is 16.8 Å². The maximum atomic E-state index is 12.5. The highest BCUT2D eigenvalue weighted by atomic mass is 32.2. The molecule has 0 aliphatic rings. The van der Waals surface area contributed by atoms with Gasteiger partial charge in [0.15, 0.2) is 0 Å². The lowest BCUT2D eigenvalue weighted by Crippen LogP contribution is -2.27. The second-order valence-corrected chi connectivity index (χ2v) is 9.82. The summed E-state index contributed by atoms with van der Waals surface area (Å²) in [6, 6.07) is 12.8. The molecule has 0 radical (unpaired) electrons. The lowest BCUT2D eigenvalue weighted by atomic mass is 10.0. The summed E-state index contributed by atoms with van der Waals surface area (Å²) in [7, 11) is 1.35. The summed E-state index contributed by atoms with van der Waals surface area (Å²) >= 11 is 0. The number of rotatable bonds is 7. The molecular formula is C22H28N4O3S. The summed E-state index contributed by atoms with van der Waals surface area (Å²) in [5.41, 5.74) is 3.67. The van der Waals surface area contributed by atoms with Crippen molar-refractivity contribution in [3.63, 3.8) is 0 Å². The maximum absolute atomic E-state index is 12.5. The van der Waals surface area contributed by atoms with Crippen molar-refractivity contribution < 1.29 is 13.2 Å². The second-order valence-electron chi connectivity index (χ2n) is 7.67. The third kappa shape index (κ3) is 4.39. The van der Waals surface area contributed by atoms with Gasteiger partial charge in [-0.25, -0.2) is 17.7 Å². The van der Waals surface area contributed by atoms with Crippen LogP contribution in [0.3, 0.4) is 0 Å². The number of hydrogen-bond donors (Lipinski definition) is 1. The normalized spacial score (nSPS) is 13.0. The van der Waals surface area contributed by atoms with E-state index in [0.717, 1.165) is 22.5 Å². The predicted octanol–water partition coefficient (Wildman–Crippen LogP) is 2.94. The molecule has 8 heteroatoms. The molecular weight excluding hydrogens is 400 g/mol.